The standard InChI is InChI=1S/C55H91N2O7P/c1-6-8-10-12-14-16-18-20-21-22-23-24-25-26-27-28-29-30-31-32-33-34-35-36-38-40-42-44-46-48-54(59)56-52(51-64-65(61,62)63-50-49-57(3,4)5)55(60)53(58)47-45-43-41-39-37-19-17-15-13-11-9-7-2/h7-10,14-17,20-21,23-24,26-27,29-30,32-33,35-36,39,41,52-53,55,58,60H,6,11-13,18-19,22,25,28,31,34,37-38,40,42-51H2,1-5H3,(H-,56,59,61,62)/p+1/b9-7+,10-8-,16-14-,17-15+,21-20-,24-23-,27-26-,30-29-,33-32-,36-35-,41-39+. The summed E-state index contributed by atoms with van der Waals surface area (Å²) >= 11 is 0. The highest BCUT2D eigenvalue weighted by Crippen LogP contribution is 2.43. The molecule has 9 nitrogen and oxygen atoms in total. The first-order valence-electron chi connectivity index (χ1n) is 24.6. The van der Waals surface area contributed by atoms with Crippen LogP contribution in [0.15, 0.2) is 134 Å². The van der Waals surface area contributed by atoms with Gasteiger partial charge in [-0.3, -0.25) is 13.8 Å². The molecule has 0 saturated heterocycles. The van der Waals surface area contributed by atoms with Gasteiger partial charge in [-0.25, -0.2) is 4.57 Å². The van der Waals surface area contributed by atoms with Gasteiger partial charge in [0.25, 0.3) is 0 Å². The maximum Gasteiger partial charge on any atom is 0.472 e. The number of aliphatic hydroxyl groups excluding tert-OH is 2. The summed E-state index contributed by atoms with van der Waals surface area (Å²) in [7, 11) is 1.36. The summed E-state index contributed by atoms with van der Waals surface area (Å²) in [6, 6.07) is -1.08. The molecule has 1 amide bonds. The molecule has 0 aromatic heterocycles. The first-order valence-corrected chi connectivity index (χ1v) is 26.1. The lowest BCUT2D eigenvalue weighted by atomic mass is 10.0. The normalized spacial score (nSPS) is 15.8. The number of rotatable bonds is 42. The Morgan fingerprint density at radius 1 is 0.569 bits per heavy atom. The van der Waals surface area contributed by atoms with Crippen LogP contribution in [0.3, 0.4) is 0 Å². The molecule has 0 aliphatic heterocycles. The number of quaternary nitrogens is 1. The summed E-state index contributed by atoms with van der Waals surface area (Å²) in [4.78, 5) is 23.2. The van der Waals surface area contributed by atoms with Gasteiger partial charge in [0.1, 0.15) is 19.3 Å². The van der Waals surface area contributed by atoms with Crippen molar-refractivity contribution in [1.82, 2.24) is 5.32 Å². The number of allylic oxidation sites excluding steroid dienone is 22. The number of phosphoric acid groups is 1. The van der Waals surface area contributed by atoms with Gasteiger partial charge in [0.05, 0.1) is 39.9 Å². The van der Waals surface area contributed by atoms with Crippen molar-refractivity contribution < 1.29 is 38.0 Å². The van der Waals surface area contributed by atoms with E-state index in [4.69, 9.17) is 9.05 Å². The molecule has 0 radical (unpaired) electrons. The third-order valence-corrected chi connectivity index (χ3v) is 11.0. The van der Waals surface area contributed by atoms with Crippen LogP contribution in [0.25, 0.3) is 0 Å². The van der Waals surface area contributed by atoms with Crippen LogP contribution < -0.4 is 5.32 Å². The number of unbranched alkanes of at least 4 members (excludes halogenated alkanes) is 7. The van der Waals surface area contributed by atoms with E-state index in [-0.39, 0.29) is 18.9 Å². The quantitative estimate of drug-likeness (QED) is 0.0208. The largest absolute Gasteiger partial charge is 0.472 e. The predicted octanol–water partition coefficient (Wildman–Crippen LogP) is 13.4. The number of phosphoric ester groups is 1. The third kappa shape index (κ3) is 45.5. The molecule has 0 aromatic carbocycles. The molecule has 65 heavy (non-hydrogen) atoms. The molecule has 10 heteroatoms. The Hall–Kier alpha value is -3.40. The summed E-state index contributed by atoms with van der Waals surface area (Å²) in [6.45, 7) is 4.19. The minimum atomic E-state index is -4.45. The summed E-state index contributed by atoms with van der Waals surface area (Å²) in [5, 5.41) is 24.6. The Balaban J connectivity index is 4.46. The fraction of sp³-hybridized carbons (Fsp3) is 0.582. The predicted molar refractivity (Wildman–Crippen MR) is 277 cm³/mol. The molecule has 0 bridgehead atoms. The van der Waals surface area contributed by atoms with Crippen molar-refractivity contribution >= 4 is 13.7 Å². The van der Waals surface area contributed by atoms with Gasteiger partial charge in [-0.2, -0.15) is 0 Å². The third-order valence-electron chi connectivity index (χ3n) is 10.0. The molecule has 0 aromatic rings. The number of nitrogens with zero attached hydrogens (tertiary/aromatic N) is 1. The van der Waals surface area contributed by atoms with Crippen LogP contribution in [0, 0.1) is 0 Å². The highest BCUT2D eigenvalue weighted by Gasteiger charge is 2.31. The number of amides is 1. The molecule has 4 unspecified atom stereocenters. The van der Waals surface area contributed by atoms with Crippen molar-refractivity contribution in [3.63, 3.8) is 0 Å². The Morgan fingerprint density at radius 3 is 1.46 bits per heavy atom. The molecular weight excluding hydrogens is 832 g/mol. The summed E-state index contributed by atoms with van der Waals surface area (Å²) in [5.74, 6) is -0.307. The Kier molecular flexibility index (Phi) is 42.1. The van der Waals surface area contributed by atoms with Crippen LogP contribution in [-0.2, 0) is 18.4 Å². The lowest BCUT2D eigenvalue weighted by molar-refractivity contribution is -0.870. The number of nitrogens with one attached hydrogen (secondary N) is 1. The average Bonchev–Trinajstić information content (AvgIpc) is 3.26. The molecule has 0 aliphatic carbocycles. The van der Waals surface area contributed by atoms with E-state index in [1.165, 1.54) is 0 Å². The topological polar surface area (TPSA) is 125 Å². The number of hydrogen-bond donors (Lipinski definition) is 4. The number of carbonyl (C=O) groups is 1. The van der Waals surface area contributed by atoms with E-state index < -0.39 is 32.7 Å². The maximum absolute atomic E-state index is 12.9. The lowest BCUT2D eigenvalue weighted by Crippen LogP contribution is -2.51. The second-order valence-electron chi connectivity index (χ2n) is 17.2. The van der Waals surface area contributed by atoms with Gasteiger partial charge >= 0.3 is 7.82 Å². The minimum absolute atomic E-state index is 0.00158. The van der Waals surface area contributed by atoms with Gasteiger partial charge in [0.2, 0.25) is 5.91 Å². The summed E-state index contributed by atoms with van der Waals surface area (Å²) < 4.78 is 23.5. The van der Waals surface area contributed by atoms with E-state index in [1.54, 1.807) is 0 Å². The Bertz CT molecular complexity index is 1530. The highest BCUT2D eigenvalue weighted by molar-refractivity contribution is 7.47. The van der Waals surface area contributed by atoms with Crippen molar-refractivity contribution in [2.24, 2.45) is 0 Å². The lowest BCUT2D eigenvalue weighted by Gasteiger charge is -2.28. The van der Waals surface area contributed by atoms with Crippen LogP contribution in [0.4, 0.5) is 0 Å². The van der Waals surface area contributed by atoms with E-state index in [0.717, 1.165) is 109 Å². The van der Waals surface area contributed by atoms with E-state index in [1.807, 2.05) is 28.1 Å². The monoisotopic (exact) mass is 924 g/mol. The molecule has 0 rings (SSSR count). The van der Waals surface area contributed by atoms with Crippen LogP contribution in [0.5, 0.6) is 0 Å². The van der Waals surface area contributed by atoms with Crippen LogP contribution in [-0.4, -0.2) is 84.6 Å². The fourth-order valence-corrected chi connectivity index (χ4v) is 6.87. The maximum atomic E-state index is 12.9. The first kappa shape index (κ1) is 61.6. The van der Waals surface area contributed by atoms with Gasteiger partial charge in [0, 0.05) is 6.42 Å². The van der Waals surface area contributed by atoms with Gasteiger partial charge in [0.15, 0.2) is 0 Å². The van der Waals surface area contributed by atoms with E-state index >= 15 is 0 Å². The smallest absolute Gasteiger partial charge is 0.390 e. The van der Waals surface area contributed by atoms with Gasteiger partial charge in [-0.15, -0.1) is 0 Å². The molecule has 368 valence electrons. The van der Waals surface area contributed by atoms with E-state index in [9.17, 15) is 24.5 Å². The first-order chi connectivity index (χ1) is 31.4. The second kappa shape index (κ2) is 44.4. The van der Waals surface area contributed by atoms with Crippen molar-refractivity contribution in [2.45, 2.75) is 167 Å². The van der Waals surface area contributed by atoms with Crippen LogP contribution >= 0.6 is 7.82 Å². The van der Waals surface area contributed by atoms with Crippen molar-refractivity contribution in [1.29, 1.82) is 0 Å². The molecule has 0 saturated carbocycles. The zero-order chi connectivity index (χ0) is 48.0. The SMILES string of the molecule is C/C=C/CC/C=C/CC/C=C/CCCC(O)C(O)C(COP(=O)(O)OCC[N+](C)(C)C)NC(=O)CCCCCC/C=C\C/C=C\C/C=C\C/C=C\C/C=C\C/C=C\C/C=C\C/C=C\CC. The molecule has 0 spiro atoms. The number of hydrogen-bond acceptors (Lipinski definition) is 6. The zero-order valence-corrected chi connectivity index (χ0v) is 42.2. The van der Waals surface area contributed by atoms with Gasteiger partial charge < -0.3 is 24.9 Å². The highest BCUT2D eigenvalue weighted by atomic mass is 31.2. The van der Waals surface area contributed by atoms with Crippen LogP contribution in [0.1, 0.15) is 149 Å². The van der Waals surface area contributed by atoms with Crippen LogP contribution in [0.2, 0.25) is 0 Å². The van der Waals surface area contributed by atoms with Gasteiger partial charge in [-0.1, -0.05) is 153 Å². The minimum Gasteiger partial charge on any atom is -0.390 e. The molecule has 0 aliphatic rings. The summed E-state index contributed by atoms with van der Waals surface area (Å²) in [5.41, 5.74) is 0. The number of aliphatic hydroxyl groups is 2. The molecule has 4 atom stereocenters. The van der Waals surface area contributed by atoms with E-state index in [2.05, 4.69) is 146 Å². The Morgan fingerprint density at radius 2 is 0.985 bits per heavy atom. The van der Waals surface area contributed by atoms with Crippen molar-refractivity contribution in [3.05, 3.63) is 134 Å². The number of likely N-dealkylation sites (N-methyl/N-ethyl adjacent to an activating group) is 1. The Labute approximate surface area is 397 Å². The van der Waals surface area contributed by atoms with Crippen molar-refractivity contribution in [2.75, 3.05) is 40.9 Å². The zero-order valence-electron chi connectivity index (χ0n) is 41.3. The van der Waals surface area contributed by atoms with Crippen molar-refractivity contribution in [3.8, 4) is 0 Å². The second-order valence-corrected chi connectivity index (χ2v) is 18.7. The van der Waals surface area contributed by atoms with Gasteiger partial charge in [-0.05, 0) is 122 Å². The molecule has 0 fully saturated rings. The molecular formula is C55H92N2O7P+. The molecule has 4 N–H and O–H groups in total. The summed E-state index contributed by atoms with van der Waals surface area (Å²) in [6.07, 6.45) is 64.0. The average molecular weight is 924 g/mol. The van der Waals surface area contributed by atoms with E-state index in [0.29, 0.717) is 30.3 Å². The molecule has 0 heterocycles. The fourth-order valence-electron chi connectivity index (χ4n) is 6.14. The number of carbonyl (C=O) groups excluding carboxylic acids is 1.